The van der Waals surface area contributed by atoms with Gasteiger partial charge in [0, 0.05) is 38.9 Å². The van der Waals surface area contributed by atoms with Crippen molar-refractivity contribution in [3.63, 3.8) is 0 Å². The summed E-state index contributed by atoms with van der Waals surface area (Å²) in [6, 6.07) is 4.04. The molecule has 0 radical (unpaired) electrons. The predicted molar refractivity (Wildman–Crippen MR) is 89.5 cm³/mol. The molecule has 2 amide bonds. The molecule has 1 N–H and O–H groups in total. The molecule has 2 fully saturated rings. The van der Waals surface area contributed by atoms with Crippen molar-refractivity contribution in [1.29, 1.82) is 0 Å². The van der Waals surface area contributed by atoms with E-state index in [4.69, 9.17) is 4.74 Å². The van der Waals surface area contributed by atoms with Gasteiger partial charge >= 0.3 is 6.03 Å². The number of pyridine rings is 1. The maximum absolute atomic E-state index is 12.2. The minimum absolute atomic E-state index is 0.0171. The highest BCUT2D eigenvalue weighted by atomic mass is 16.5. The Morgan fingerprint density at radius 2 is 2.17 bits per heavy atom. The molecule has 2 saturated heterocycles. The molecule has 0 spiro atoms. The van der Waals surface area contributed by atoms with Crippen LogP contribution in [-0.4, -0.2) is 54.8 Å². The van der Waals surface area contributed by atoms with Crippen molar-refractivity contribution >= 4 is 11.8 Å². The molecule has 6 heteroatoms. The van der Waals surface area contributed by atoms with Crippen molar-refractivity contribution in [2.75, 3.05) is 37.7 Å². The summed E-state index contributed by atoms with van der Waals surface area (Å²) in [6.45, 7) is 6.61. The molecule has 3 rings (SSSR count). The molecule has 3 heterocycles. The van der Waals surface area contributed by atoms with Crippen molar-refractivity contribution in [1.82, 2.24) is 15.2 Å². The average Bonchev–Trinajstić information content (AvgIpc) is 2.61. The number of carbonyl (C=O) groups is 1. The summed E-state index contributed by atoms with van der Waals surface area (Å²) in [7, 11) is 0. The zero-order valence-corrected chi connectivity index (χ0v) is 13.8. The summed E-state index contributed by atoms with van der Waals surface area (Å²) in [5.41, 5.74) is 1.09. The first-order valence-corrected chi connectivity index (χ1v) is 8.56. The Labute approximate surface area is 137 Å². The van der Waals surface area contributed by atoms with Crippen molar-refractivity contribution in [2.45, 2.75) is 38.8 Å². The number of anilines is 1. The van der Waals surface area contributed by atoms with Gasteiger partial charge < -0.3 is 19.9 Å². The van der Waals surface area contributed by atoms with Crippen LogP contribution < -0.4 is 10.2 Å². The van der Waals surface area contributed by atoms with E-state index in [1.165, 1.54) is 19.3 Å². The number of hydrogen-bond donors (Lipinski definition) is 1. The number of morpholine rings is 1. The van der Waals surface area contributed by atoms with Crippen LogP contribution in [0.4, 0.5) is 10.6 Å². The molecule has 2 aliphatic heterocycles. The summed E-state index contributed by atoms with van der Waals surface area (Å²) >= 11 is 0. The van der Waals surface area contributed by atoms with Crippen LogP contribution in [0.3, 0.4) is 0 Å². The summed E-state index contributed by atoms with van der Waals surface area (Å²) in [6.07, 6.45) is 5.73. The monoisotopic (exact) mass is 318 g/mol. The Hall–Kier alpha value is -1.82. The van der Waals surface area contributed by atoms with Gasteiger partial charge in [-0.25, -0.2) is 9.78 Å². The zero-order valence-electron chi connectivity index (χ0n) is 13.8. The molecule has 126 valence electrons. The molecule has 0 aliphatic carbocycles. The molecule has 0 bridgehead atoms. The Balaban J connectivity index is 1.54. The molecule has 1 aromatic rings. The molecule has 23 heavy (non-hydrogen) atoms. The van der Waals surface area contributed by atoms with Gasteiger partial charge in [0.2, 0.25) is 0 Å². The topological polar surface area (TPSA) is 57.7 Å². The van der Waals surface area contributed by atoms with Gasteiger partial charge in [-0.3, -0.25) is 0 Å². The van der Waals surface area contributed by atoms with Gasteiger partial charge in [-0.2, -0.15) is 0 Å². The number of amides is 2. The highest BCUT2D eigenvalue weighted by molar-refractivity contribution is 5.74. The van der Waals surface area contributed by atoms with Gasteiger partial charge in [0.25, 0.3) is 0 Å². The third-order valence-electron chi connectivity index (χ3n) is 4.46. The Morgan fingerprint density at radius 3 is 2.96 bits per heavy atom. The number of ether oxygens (including phenoxy) is 1. The largest absolute Gasteiger partial charge is 0.375 e. The van der Waals surface area contributed by atoms with Gasteiger partial charge in [-0.1, -0.05) is 0 Å². The van der Waals surface area contributed by atoms with Crippen LogP contribution in [0.1, 0.15) is 31.7 Å². The van der Waals surface area contributed by atoms with Gasteiger partial charge in [-0.05, 0) is 43.9 Å². The highest BCUT2D eigenvalue weighted by Crippen LogP contribution is 2.18. The van der Waals surface area contributed by atoms with Crippen LogP contribution >= 0.6 is 0 Å². The van der Waals surface area contributed by atoms with Gasteiger partial charge in [-0.15, -0.1) is 0 Å². The van der Waals surface area contributed by atoms with Crippen molar-refractivity contribution in [3.8, 4) is 0 Å². The minimum atomic E-state index is -0.0171. The van der Waals surface area contributed by atoms with E-state index in [1.807, 2.05) is 24.1 Å². The van der Waals surface area contributed by atoms with Crippen molar-refractivity contribution < 1.29 is 9.53 Å². The summed E-state index contributed by atoms with van der Waals surface area (Å²) in [5.74, 6) is 1.02. The quantitative estimate of drug-likeness (QED) is 0.926. The van der Waals surface area contributed by atoms with Crippen molar-refractivity contribution in [2.24, 2.45) is 0 Å². The van der Waals surface area contributed by atoms with Crippen LogP contribution in [0.25, 0.3) is 0 Å². The van der Waals surface area contributed by atoms with Crippen LogP contribution in [0.5, 0.6) is 0 Å². The molecule has 2 aliphatic rings. The number of rotatable bonds is 3. The normalized spacial score (nSPS) is 22.0. The Bertz CT molecular complexity index is 531. The van der Waals surface area contributed by atoms with Crippen LogP contribution in [0.15, 0.2) is 18.3 Å². The summed E-state index contributed by atoms with van der Waals surface area (Å²) in [4.78, 5) is 20.9. The van der Waals surface area contributed by atoms with E-state index in [1.54, 1.807) is 0 Å². The standard InChI is InChI=1S/C17H26N4O2/c1-14-13-21(9-10-23-14)17(22)19-12-15-5-6-18-16(11-15)20-7-3-2-4-8-20/h5-6,11,14H,2-4,7-10,12-13H2,1H3,(H,19,22)/t14-/m0/s1. The van der Waals surface area contributed by atoms with Gasteiger partial charge in [0.15, 0.2) is 0 Å². The van der Waals surface area contributed by atoms with E-state index >= 15 is 0 Å². The summed E-state index contributed by atoms with van der Waals surface area (Å²) < 4.78 is 5.47. The van der Waals surface area contributed by atoms with E-state index in [-0.39, 0.29) is 12.1 Å². The van der Waals surface area contributed by atoms with E-state index in [0.717, 1.165) is 24.5 Å². The van der Waals surface area contributed by atoms with Crippen LogP contribution in [0, 0.1) is 0 Å². The average molecular weight is 318 g/mol. The fourth-order valence-corrected chi connectivity index (χ4v) is 3.16. The maximum Gasteiger partial charge on any atom is 0.317 e. The van der Waals surface area contributed by atoms with E-state index in [0.29, 0.717) is 26.2 Å². The number of piperidine rings is 1. The third-order valence-corrected chi connectivity index (χ3v) is 4.46. The van der Waals surface area contributed by atoms with Gasteiger partial charge in [0.05, 0.1) is 12.7 Å². The SMILES string of the molecule is C[C@H]1CN(C(=O)NCc2ccnc(N3CCCCC3)c2)CCO1. The number of carbonyl (C=O) groups excluding carboxylic acids is 1. The number of nitrogens with zero attached hydrogens (tertiary/aromatic N) is 3. The molecule has 1 atom stereocenters. The number of nitrogens with one attached hydrogen (secondary N) is 1. The first-order chi connectivity index (χ1) is 11.2. The molecular weight excluding hydrogens is 292 g/mol. The van der Waals surface area contributed by atoms with Gasteiger partial charge in [0.1, 0.15) is 5.82 Å². The molecule has 0 unspecified atom stereocenters. The first-order valence-electron chi connectivity index (χ1n) is 8.56. The third kappa shape index (κ3) is 4.34. The van der Waals surface area contributed by atoms with E-state index in [9.17, 15) is 4.79 Å². The summed E-state index contributed by atoms with van der Waals surface area (Å²) in [5, 5.41) is 3.00. The number of urea groups is 1. The second-order valence-electron chi connectivity index (χ2n) is 6.36. The number of hydrogen-bond acceptors (Lipinski definition) is 4. The first kappa shape index (κ1) is 16.1. The smallest absolute Gasteiger partial charge is 0.317 e. The maximum atomic E-state index is 12.2. The number of aromatic nitrogens is 1. The lowest BCUT2D eigenvalue weighted by molar-refractivity contribution is -0.00351. The van der Waals surface area contributed by atoms with Crippen LogP contribution in [0.2, 0.25) is 0 Å². The fraction of sp³-hybridized carbons (Fsp3) is 0.647. The fourth-order valence-electron chi connectivity index (χ4n) is 3.16. The second-order valence-corrected chi connectivity index (χ2v) is 6.36. The predicted octanol–water partition coefficient (Wildman–Crippen LogP) is 2.00. The lowest BCUT2D eigenvalue weighted by Gasteiger charge is -2.31. The van der Waals surface area contributed by atoms with Crippen LogP contribution in [-0.2, 0) is 11.3 Å². The van der Waals surface area contributed by atoms with E-state index < -0.39 is 0 Å². The molecule has 0 aromatic carbocycles. The molecule has 0 saturated carbocycles. The Morgan fingerprint density at radius 1 is 1.35 bits per heavy atom. The second kappa shape index (κ2) is 7.64. The zero-order chi connectivity index (χ0) is 16.1. The van der Waals surface area contributed by atoms with Crippen molar-refractivity contribution in [3.05, 3.63) is 23.9 Å². The molecular formula is C17H26N4O2. The lowest BCUT2D eigenvalue weighted by Crippen LogP contribution is -2.48. The Kier molecular flexibility index (Phi) is 5.33. The highest BCUT2D eigenvalue weighted by Gasteiger charge is 2.21. The molecule has 6 nitrogen and oxygen atoms in total. The van der Waals surface area contributed by atoms with E-state index in [2.05, 4.69) is 21.3 Å². The molecule has 1 aromatic heterocycles. The lowest BCUT2D eigenvalue weighted by atomic mass is 10.1. The minimum Gasteiger partial charge on any atom is -0.375 e.